The summed E-state index contributed by atoms with van der Waals surface area (Å²) < 4.78 is 38.1. The molecule has 19 heavy (non-hydrogen) atoms. The van der Waals surface area contributed by atoms with Crippen LogP contribution in [0, 0.1) is 11.3 Å². The van der Waals surface area contributed by atoms with Gasteiger partial charge in [0, 0.05) is 11.7 Å². The topological polar surface area (TPSA) is 64.9 Å². The largest absolute Gasteiger partial charge is 0.417 e. The monoisotopic (exact) mass is 271 g/mol. The average Bonchev–Trinajstić information content (AvgIpc) is 2.26. The van der Waals surface area contributed by atoms with Crippen molar-refractivity contribution >= 4 is 11.7 Å². The fraction of sp³-hybridized carbons (Fsp3) is 0.333. The molecule has 0 heterocycles. The van der Waals surface area contributed by atoms with E-state index in [1.165, 1.54) is 12.1 Å². The average molecular weight is 271 g/mol. The van der Waals surface area contributed by atoms with Gasteiger partial charge in [0.2, 0.25) is 0 Å². The van der Waals surface area contributed by atoms with Crippen LogP contribution in [0.3, 0.4) is 0 Å². The van der Waals surface area contributed by atoms with Crippen molar-refractivity contribution in [3.05, 3.63) is 29.3 Å². The zero-order valence-electron chi connectivity index (χ0n) is 10.3. The number of nitriles is 1. The summed E-state index contributed by atoms with van der Waals surface area (Å²) in [5.41, 5.74) is -1.58. The second-order valence-corrected chi connectivity index (χ2v) is 4.12. The van der Waals surface area contributed by atoms with E-state index in [4.69, 9.17) is 5.26 Å². The quantitative estimate of drug-likeness (QED) is 0.868. The van der Waals surface area contributed by atoms with Crippen molar-refractivity contribution in [2.45, 2.75) is 26.1 Å². The number of amides is 2. The summed E-state index contributed by atoms with van der Waals surface area (Å²) in [6, 6.07) is 3.72. The molecule has 1 aromatic rings. The van der Waals surface area contributed by atoms with Crippen molar-refractivity contribution in [1.82, 2.24) is 5.32 Å². The number of rotatable bonds is 2. The molecule has 102 valence electrons. The standard InChI is InChI=1S/C12H12F3N3O/c1-7(2)17-11(19)18-9-4-3-8(6-16)10(5-9)12(13,14)15/h3-5,7H,1-2H3,(H2,17,18,19). The van der Waals surface area contributed by atoms with Gasteiger partial charge < -0.3 is 10.6 Å². The molecule has 0 bridgehead atoms. The molecular formula is C12H12F3N3O. The van der Waals surface area contributed by atoms with Gasteiger partial charge in [0.1, 0.15) is 0 Å². The van der Waals surface area contributed by atoms with E-state index in [0.717, 1.165) is 12.1 Å². The number of hydrogen-bond donors (Lipinski definition) is 2. The molecule has 0 aromatic heterocycles. The third-order valence-corrected chi connectivity index (χ3v) is 2.12. The van der Waals surface area contributed by atoms with Crippen molar-refractivity contribution in [1.29, 1.82) is 5.26 Å². The Bertz CT molecular complexity index is 518. The summed E-state index contributed by atoms with van der Waals surface area (Å²) in [4.78, 5) is 11.4. The van der Waals surface area contributed by atoms with E-state index in [0.29, 0.717) is 0 Å². The van der Waals surface area contributed by atoms with Crippen LogP contribution in [0.5, 0.6) is 0 Å². The molecule has 0 saturated heterocycles. The van der Waals surface area contributed by atoms with Gasteiger partial charge in [-0.05, 0) is 32.0 Å². The molecule has 4 nitrogen and oxygen atoms in total. The zero-order valence-corrected chi connectivity index (χ0v) is 10.3. The second-order valence-electron chi connectivity index (χ2n) is 4.12. The highest BCUT2D eigenvalue weighted by Crippen LogP contribution is 2.33. The minimum Gasteiger partial charge on any atom is -0.336 e. The fourth-order valence-corrected chi connectivity index (χ4v) is 1.38. The van der Waals surface area contributed by atoms with Crippen LogP contribution in [-0.2, 0) is 6.18 Å². The molecule has 0 spiro atoms. The molecule has 1 rings (SSSR count). The lowest BCUT2D eigenvalue weighted by atomic mass is 10.1. The lowest BCUT2D eigenvalue weighted by Crippen LogP contribution is -2.34. The van der Waals surface area contributed by atoms with Gasteiger partial charge in [0.15, 0.2) is 0 Å². The van der Waals surface area contributed by atoms with Gasteiger partial charge >= 0.3 is 12.2 Å². The Balaban J connectivity index is 3.00. The van der Waals surface area contributed by atoms with Crippen LogP contribution in [0.15, 0.2) is 18.2 Å². The number of carbonyl (C=O) groups is 1. The molecule has 0 aliphatic carbocycles. The first-order chi connectivity index (χ1) is 8.74. The van der Waals surface area contributed by atoms with Gasteiger partial charge in [-0.25, -0.2) is 4.79 Å². The number of nitrogens with one attached hydrogen (secondary N) is 2. The molecule has 2 N–H and O–H groups in total. The second kappa shape index (κ2) is 5.61. The Hall–Kier alpha value is -2.23. The maximum atomic E-state index is 12.7. The number of hydrogen-bond acceptors (Lipinski definition) is 2. The van der Waals surface area contributed by atoms with Crippen LogP contribution in [0.2, 0.25) is 0 Å². The first-order valence-corrected chi connectivity index (χ1v) is 5.43. The number of nitrogens with zero attached hydrogens (tertiary/aromatic N) is 1. The maximum absolute atomic E-state index is 12.7. The van der Waals surface area contributed by atoms with Crippen LogP contribution in [0.25, 0.3) is 0 Å². The van der Waals surface area contributed by atoms with Gasteiger partial charge in [-0.3, -0.25) is 0 Å². The molecule has 1 aromatic carbocycles. The van der Waals surface area contributed by atoms with E-state index in [-0.39, 0.29) is 11.7 Å². The number of carbonyl (C=O) groups excluding carboxylic acids is 1. The molecule has 0 atom stereocenters. The summed E-state index contributed by atoms with van der Waals surface area (Å²) in [7, 11) is 0. The lowest BCUT2D eigenvalue weighted by Gasteiger charge is -2.13. The Labute approximate surface area is 108 Å². The summed E-state index contributed by atoms with van der Waals surface area (Å²) >= 11 is 0. The minimum atomic E-state index is -4.64. The molecule has 0 saturated carbocycles. The van der Waals surface area contributed by atoms with Gasteiger partial charge in [0.05, 0.1) is 17.2 Å². The molecule has 0 aliphatic heterocycles. The minimum absolute atomic E-state index is 0.0236. The predicted octanol–water partition coefficient (Wildman–Crippen LogP) is 3.11. The Morgan fingerprint density at radius 1 is 1.37 bits per heavy atom. The number of urea groups is 1. The Kier molecular flexibility index (Phi) is 4.38. The van der Waals surface area contributed by atoms with Crippen molar-refractivity contribution in [3.8, 4) is 6.07 Å². The van der Waals surface area contributed by atoms with Gasteiger partial charge in [0.25, 0.3) is 0 Å². The normalized spacial score (nSPS) is 11.0. The van der Waals surface area contributed by atoms with Crippen LogP contribution in [-0.4, -0.2) is 12.1 Å². The van der Waals surface area contributed by atoms with Gasteiger partial charge in [-0.1, -0.05) is 0 Å². The predicted molar refractivity (Wildman–Crippen MR) is 63.4 cm³/mol. The zero-order chi connectivity index (χ0) is 14.6. The number of benzene rings is 1. The molecule has 0 aliphatic rings. The third-order valence-electron chi connectivity index (χ3n) is 2.12. The molecule has 7 heteroatoms. The first kappa shape index (κ1) is 14.8. The molecule has 2 amide bonds. The molecule has 0 radical (unpaired) electrons. The van der Waals surface area contributed by atoms with Crippen LogP contribution in [0.4, 0.5) is 23.7 Å². The highest BCUT2D eigenvalue weighted by Gasteiger charge is 2.33. The van der Waals surface area contributed by atoms with Crippen LogP contribution < -0.4 is 10.6 Å². The van der Waals surface area contributed by atoms with Crippen LogP contribution >= 0.6 is 0 Å². The van der Waals surface area contributed by atoms with Gasteiger partial charge in [-0.15, -0.1) is 0 Å². The smallest absolute Gasteiger partial charge is 0.336 e. The van der Waals surface area contributed by atoms with E-state index in [9.17, 15) is 18.0 Å². The van der Waals surface area contributed by atoms with Crippen molar-refractivity contribution in [2.24, 2.45) is 0 Å². The first-order valence-electron chi connectivity index (χ1n) is 5.43. The van der Waals surface area contributed by atoms with E-state index in [1.807, 2.05) is 0 Å². The maximum Gasteiger partial charge on any atom is 0.417 e. The number of halogens is 3. The highest BCUT2D eigenvalue weighted by molar-refractivity contribution is 5.89. The van der Waals surface area contributed by atoms with E-state index < -0.39 is 23.3 Å². The van der Waals surface area contributed by atoms with E-state index in [2.05, 4.69) is 10.6 Å². The Morgan fingerprint density at radius 3 is 2.47 bits per heavy atom. The van der Waals surface area contributed by atoms with E-state index in [1.54, 1.807) is 13.8 Å². The molecule has 0 fully saturated rings. The van der Waals surface area contributed by atoms with E-state index >= 15 is 0 Å². The Morgan fingerprint density at radius 2 is 2.00 bits per heavy atom. The van der Waals surface area contributed by atoms with Crippen molar-refractivity contribution in [3.63, 3.8) is 0 Å². The summed E-state index contributed by atoms with van der Waals surface area (Å²) in [5, 5.41) is 13.4. The van der Waals surface area contributed by atoms with Crippen LogP contribution in [0.1, 0.15) is 25.0 Å². The van der Waals surface area contributed by atoms with Crippen molar-refractivity contribution in [2.75, 3.05) is 5.32 Å². The summed E-state index contributed by atoms with van der Waals surface area (Å²) in [5.74, 6) is 0. The molecule has 0 unspecified atom stereocenters. The number of anilines is 1. The third kappa shape index (κ3) is 4.17. The molecular weight excluding hydrogens is 259 g/mol. The number of alkyl halides is 3. The summed E-state index contributed by atoms with van der Waals surface area (Å²) in [6.45, 7) is 3.44. The van der Waals surface area contributed by atoms with Gasteiger partial charge in [-0.2, -0.15) is 18.4 Å². The lowest BCUT2D eigenvalue weighted by molar-refractivity contribution is -0.137. The van der Waals surface area contributed by atoms with Crippen molar-refractivity contribution < 1.29 is 18.0 Å². The highest BCUT2D eigenvalue weighted by atomic mass is 19.4. The summed E-state index contributed by atoms with van der Waals surface area (Å²) in [6.07, 6.45) is -4.64. The SMILES string of the molecule is CC(C)NC(=O)Nc1ccc(C#N)c(C(F)(F)F)c1. The fourth-order valence-electron chi connectivity index (χ4n) is 1.38.